The summed E-state index contributed by atoms with van der Waals surface area (Å²) in [5.74, 6) is 0.408. The molecule has 0 saturated carbocycles. The molecule has 2 aromatic carbocycles. The second kappa shape index (κ2) is 7.89. The van der Waals surface area contributed by atoms with Crippen LogP contribution in [0.25, 0.3) is 20.7 Å². The second-order valence-corrected chi connectivity index (χ2v) is 7.58. The smallest absolute Gasteiger partial charge is 0.262 e. The number of aromatic nitrogens is 2. The van der Waals surface area contributed by atoms with Crippen molar-refractivity contribution in [2.24, 2.45) is 0 Å². The van der Waals surface area contributed by atoms with E-state index in [9.17, 15) is 9.59 Å². The first-order valence-electron chi connectivity index (χ1n) is 9.08. The Hall–Kier alpha value is -3.45. The molecule has 0 unspecified atom stereocenters. The molecule has 146 valence electrons. The summed E-state index contributed by atoms with van der Waals surface area (Å²) in [7, 11) is 1.58. The number of hydrogen-bond donors (Lipinski definition) is 1. The summed E-state index contributed by atoms with van der Waals surface area (Å²) in [6, 6.07) is 18.0. The van der Waals surface area contributed by atoms with Gasteiger partial charge in [0.15, 0.2) is 0 Å². The van der Waals surface area contributed by atoms with Gasteiger partial charge in [-0.25, -0.2) is 4.98 Å². The van der Waals surface area contributed by atoms with Crippen LogP contribution in [0.4, 0.5) is 5.69 Å². The van der Waals surface area contributed by atoms with Crippen molar-refractivity contribution < 1.29 is 9.53 Å². The van der Waals surface area contributed by atoms with Crippen molar-refractivity contribution in [3.63, 3.8) is 0 Å². The molecule has 7 heteroatoms. The Morgan fingerprint density at radius 1 is 1.14 bits per heavy atom. The normalized spacial score (nSPS) is 11.9. The van der Waals surface area contributed by atoms with Crippen molar-refractivity contribution in [3.05, 3.63) is 77.3 Å². The van der Waals surface area contributed by atoms with Crippen molar-refractivity contribution in [2.45, 2.75) is 13.0 Å². The standard InChI is InChI=1S/C22H19N3O3S/c1-14(20(26)24-16-8-10-17(28-2)11-9-16)25-13-23-21-18(22(25)27)12-19(29-21)15-6-4-3-5-7-15/h3-14H,1-2H3,(H,24,26)/t14-/m0/s1. The highest BCUT2D eigenvalue weighted by Gasteiger charge is 2.19. The van der Waals surface area contributed by atoms with Crippen molar-refractivity contribution in [1.82, 2.24) is 9.55 Å². The maximum absolute atomic E-state index is 13.0. The molecule has 1 atom stereocenters. The third kappa shape index (κ3) is 3.77. The molecule has 0 radical (unpaired) electrons. The maximum atomic E-state index is 13.0. The number of anilines is 1. The predicted molar refractivity (Wildman–Crippen MR) is 116 cm³/mol. The van der Waals surface area contributed by atoms with Gasteiger partial charge in [0.1, 0.15) is 16.6 Å². The molecule has 1 N–H and O–H groups in total. The third-order valence-electron chi connectivity index (χ3n) is 4.69. The third-order valence-corrected chi connectivity index (χ3v) is 5.78. The summed E-state index contributed by atoms with van der Waals surface area (Å²) < 4.78 is 6.48. The van der Waals surface area contributed by atoms with Crippen LogP contribution in [0, 0.1) is 0 Å². The van der Waals surface area contributed by atoms with Crippen molar-refractivity contribution in [3.8, 4) is 16.2 Å². The molecule has 0 spiro atoms. The zero-order valence-corrected chi connectivity index (χ0v) is 16.8. The summed E-state index contributed by atoms with van der Waals surface area (Å²) in [4.78, 5) is 31.7. The highest BCUT2D eigenvalue weighted by atomic mass is 32.1. The van der Waals surface area contributed by atoms with E-state index < -0.39 is 6.04 Å². The van der Waals surface area contributed by atoms with Crippen LogP contribution in [-0.4, -0.2) is 22.6 Å². The Morgan fingerprint density at radius 2 is 1.86 bits per heavy atom. The van der Waals surface area contributed by atoms with Crippen LogP contribution < -0.4 is 15.6 Å². The second-order valence-electron chi connectivity index (χ2n) is 6.55. The number of nitrogens with zero attached hydrogens (tertiary/aromatic N) is 2. The molecule has 0 aliphatic rings. The zero-order valence-electron chi connectivity index (χ0n) is 16.0. The molecule has 6 nitrogen and oxygen atoms in total. The first-order chi connectivity index (χ1) is 14.1. The average molecular weight is 405 g/mol. The van der Waals surface area contributed by atoms with Crippen molar-refractivity contribution in [2.75, 3.05) is 12.4 Å². The van der Waals surface area contributed by atoms with Gasteiger partial charge in [0.2, 0.25) is 5.91 Å². The summed E-state index contributed by atoms with van der Waals surface area (Å²) in [6.45, 7) is 1.68. The number of rotatable bonds is 5. The van der Waals surface area contributed by atoms with Crippen molar-refractivity contribution in [1.29, 1.82) is 0 Å². The minimum atomic E-state index is -0.707. The number of nitrogens with one attached hydrogen (secondary N) is 1. The lowest BCUT2D eigenvalue weighted by molar-refractivity contribution is -0.118. The van der Waals surface area contributed by atoms with E-state index in [4.69, 9.17) is 4.74 Å². The molecule has 0 aliphatic heterocycles. The fraction of sp³-hybridized carbons (Fsp3) is 0.136. The van der Waals surface area contributed by atoms with Gasteiger partial charge >= 0.3 is 0 Å². The maximum Gasteiger partial charge on any atom is 0.262 e. The van der Waals surface area contributed by atoms with Gasteiger partial charge in [-0.1, -0.05) is 30.3 Å². The lowest BCUT2D eigenvalue weighted by Gasteiger charge is -2.15. The van der Waals surface area contributed by atoms with Crippen LogP contribution in [0.3, 0.4) is 0 Å². The van der Waals surface area contributed by atoms with E-state index in [1.54, 1.807) is 38.3 Å². The number of fused-ring (bicyclic) bond motifs is 1. The number of carbonyl (C=O) groups excluding carboxylic acids is 1. The van der Waals surface area contributed by atoms with E-state index in [1.165, 1.54) is 22.2 Å². The minimum absolute atomic E-state index is 0.231. The molecular formula is C22H19N3O3S. The Bertz CT molecular complexity index is 1210. The monoisotopic (exact) mass is 405 g/mol. The number of methoxy groups -OCH3 is 1. The molecule has 0 fully saturated rings. The van der Waals surface area contributed by atoms with Crippen LogP contribution >= 0.6 is 11.3 Å². The molecule has 4 aromatic rings. The topological polar surface area (TPSA) is 73.2 Å². The fourth-order valence-electron chi connectivity index (χ4n) is 3.00. The molecule has 29 heavy (non-hydrogen) atoms. The molecule has 0 bridgehead atoms. The van der Waals surface area contributed by atoms with Gasteiger partial charge < -0.3 is 10.1 Å². The lowest BCUT2D eigenvalue weighted by Crippen LogP contribution is -2.31. The largest absolute Gasteiger partial charge is 0.497 e. The predicted octanol–water partition coefficient (Wildman–Crippen LogP) is 4.33. The SMILES string of the molecule is COc1ccc(NC(=O)[C@H](C)n2cnc3sc(-c4ccccc4)cc3c2=O)cc1. The van der Waals surface area contributed by atoms with E-state index in [1.807, 2.05) is 36.4 Å². The zero-order chi connectivity index (χ0) is 20.4. The molecule has 2 heterocycles. The quantitative estimate of drug-likeness (QED) is 0.536. The summed E-state index contributed by atoms with van der Waals surface area (Å²) in [5.41, 5.74) is 1.43. The number of benzene rings is 2. The first-order valence-corrected chi connectivity index (χ1v) is 9.89. The Kier molecular flexibility index (Phi) is 5.14. The van der Waals surface area contributed by atoms with Gasteiger partial charge in [-0.3, -0.25) is 14.2 Å². The van der Waals surface area contributed by atoms with E-state index in [0.717, 1.165) is 10.4 Å². The molecule has 0 aliphatic carbocycles. The van der Waals surface area contributed by atoms with Gasteiger partial charge in [0, 0.05) is 10.6 Å². The first kappa shape index (κ1) is 18.9. The fourth-order valence-corrected chi connectivity index (χ4v) is 4.00. The van der Waals surface area contributed by atoms with Gasteiger partial charge in [-0.15, -0.1) is 11.3 Å². The van der Waals surface area contributed by atoms with E-state index in [2.05, 4.69) is 10.3 Å². The molecule has 1 amide bonds. The number of ether oxygens (including phenoxy) is 1. The Balaban J connectivity index is 1.61. The molecule has 4 rings (SSSR count). The Morgan fingerprint density at radius 3 is 2.55 bits per heavy atom. The number of amides is 1. The number of thiophene rings is 1. The van der Waals surface area contributed by atoms with Gasteiger partial charge in [0.05, 0.1) is 18.8 Å². The van der Waals surface area contributed by atoms with Crippen LogP contribution in [0.5, 0.6) is 5.75 Å². The minimum Gasteiger partial charge on any atom is -0.497 e. The highest BCUT2D eigenvalue weighted by Crippen LogP contribution is 2.30. The summed E-state index contributed by atoms with van der Waals surface area (Å²) >= 11 is 1.46. The van der Waals surface area contributed by atoms with Crippen LogP contribution in [0.2, 0.25) is 0 Å². The Labute approximate surface area is 171 Å². The molecule has 2 aromatic heterocycles. The summed E-state index contributed by atoms with van der Waals surface area (Å²) in [5, 5.41) is 3.33. The lowest BCUT2D eigenvalue weighted by atomic mass is 10.2. The van der Waals surface area contributed by atoms with E-state index in [-0.39, 0.29) is 11.5 Å². The summed E-state index contributed by atoms with van der Waals surface area (Å²) in [6.07, 6.45) is 1.44. The average Bonchev–Trinajstić information content (AvgIpc) is 3.20. The molecule has 0 saturated heterocycles. The van der Waals surface area contributed by atoms with Crippen LogP contribution in [0.15, 0.2) is 71.8 Å². The van der Waals surface area contributed by atoms with Gasteiger partial charge in [-0.2, -0.15) is 0 Å². The van der Waals surface area contributed by atoms with Crippen LogP contribution in [-0.2, 0) is 4.79 Å². The highest BCUT2D eigenvalue weighted by molar-refractivity contribution is 7.21. The number of hydrogen-bond acceptors (Lipinski definition) is 5. The van der Waals surface area contributed by atoms with Gasteiger partial charge in [-0.05, 0) is 42.8 Å². The number of carbonyl (C=O) groups is 1. The van der Waals surface area contributed by atoms with E-state index in [0.29, 0.717) is 21.7 Å². The van der Waals surface area contributed by atoms with Crippen molar-refractivity contribution >= 4 is 33.1 Å². The van der Waals surface area contributed by atoms with Crippen LogP contribution in [0.1, 0.15) is 13.0 Å². The van der Waals surface area contributed by atoms with Gasteiger partial charge in [0.25, 0.3) is 5.56 Å². The van der Waals surface area contributed by atoms with E-state index >= 15 is 0 Å². The molecular weight excluding hydrogens is 386 g/mol.